The Labute approximate surface area is 137 Å². The molecule has 1 aliphatic heterocycles. The van der Waals surface area contributed by atoms with Crippen LogP contribution in [-0.2, 0) is 4.79 Å². The van der Waals surface area contributed by atoms with Crippen molar-refractivity contribution in [1.82, 2.24) is 10.6 Å². The van der Waals surface area contributed by atoms with Crippen LogP contribution in [0.15, 0.2) is 15.9 Å². The molecule has 10 heteroatoms. The van der Waals surface area contributed by atoms with Crippen molar-refractivity contribution in [3.63, 3.8) is 0 Å². The average Bonchev–Trinajstić information content (AvgIpc) is 3.06. The van der Waals surface area contributed by atoms with Crippen LogP contribution in [0.4, 0.5) is 13.2 Å². The van der Waals surface area contributed by atoms with Crippen LogP contribution in [0, 0.1) is 5.92 Å². The standard InChI is InChI=1S/C10H13BrN2OS.C2HF3O2/c11-9-2-1-8(15-9)10(14)13-6-7-3-4-12-5-7;3-2(4,5)1(6)7/h1-2,7,12H,3-6H2,(H,13,14);(H,6,7)/t7-;/m0./s1. The summed E-state index contributed by atoms with van der Waals surface area (Å²) in [7, 11) is 0. The number of carboxylic acid groups (broad SMARTS) is 1. The summed E-state index contributed by atoms with van der Waals surface area (Å²) in [5.41, 5.74) is 0. The van der Waals surface area contributed by atoms with Crippen LogP contribution in [0.25, 0.3) is 0 Å². The van der Waals surface area contributed by atoms with Crippen LogP contribution in [0.5, 0.6) is 0 Å². The van der Waals surface area contributed by atoms with Crippen molar-refractivity contribution >= 4 is 39.1 Å². The Kier molecular flexibility index (Phi) is 7.30. The van der Waals surface area contributed by atoms with Gasteiger partial charge in [-0.2, -0.15) is 13.2 Å². The maximum Gasteiger partial charge on any atom is 0.490 e. The molecular weight excluding hydrogens is 389 g/mol. The number of amides is 1. The van der Waals surface area contributed by atoms with E-state index in [2.05, 4.69) is 26.6 Å². The first-order valence-corrected chi connectivity index (χ1v) is 7.85. The molecule has 1 atom stereocenters. The van der Waals surface area contributed by atoms with Gasteiger partial charge in [0.1, 0.15) is 0 Å². The molecule has 0 spiro atoms. The molecule has 0 radical (unpaired) electrons. The fourth-order valence-corrected chi connectivity index (χ4v) is 2.95. The highest BCUT2D eigenvalue weighted by Gasteiger charge is 2.38. The van der Waals surface area contributed by atoms with E-state index in [0.29, 0.717) is 5.92 Å². The first kappa shape index (κ1) is 18.9. The van der Waals surface area contributed by atoms with E-state index in [9.17, 15) is 18.0 Å². The minimum Gasteiger partial charge on any atom is -0.475 e. The molecule has 22 heavy (non-hydrogen) atoms. The van der Waals surface area contributed by atoms with Gasteiger partial charge in [0.05, 0.1) is 8.66 Å². The number of aliphatic carboxylic acids is 1. The molecule has 5 nitrogen and oxygen atoms in total. The highest BCUT2D eigenvalue weighted by molar-refractivity contribution is 9.11. The highest BCUT2D eigenvalue weighted by atomic mass is 79.9. The van der Waals surface area contributed by atoms with Crippen LogP contribution in [0.3, 0.4) is 0 Å². The normalized spacial score (nSPS) is 17.5. The quantitative estimate of drug-likeness (QED) is 0.725. The first-order chi connectivity index (χ1) is 10.2. The van der Waals surface area contributed by atoms with Crippen molar-refractivity contribution in [3.05, 3.63) is 20.8 Å². The smallest absolute Gasteiger partial charge is 0.475 e. The highest BCUT2D eigenvalue weighted by Crippen LogP contribution is 2.21. The topological polar surface area (TPSA) is 78.4 Å². The zero-order chi connectivity index (χ0) is 16.8. The minimum atomic E-state index is -5.08. The van der Waals surface area contributed by atoms with Crippen molar-refractivity contribution in [2.75, 3.05) is 19.6 Å². The number of hydrogen-bond donors (Lipinski definition) is 3. The molecular formula is C12H14BrF3N2O3S. The SMILES string of the molecule is O=C(NC[C@H]1CCNC1)c1ccc(Br)s1.O=C(O)C(F)(F)F. The van der Waals surface area contributed by atoms with E-state index in [1.807, 2.05) is 12.1 Å². The van der Waals surface area contributed by atoms with Crippen molar-refractivity contribution < 1.29 is 27.9 Å². The average molecular weight is 403 g/mol. The fraction of sp³-hybridized carbons (Fsp3) is 0.500. The number of hydrogen-bond acceptors (Lipinski definition) is 4. The Morgan fingerprint density at radius 3 is 2.50 bits per heavy atom. The third kappa shape index (κ3) is 6.75. The summed E-state index contributed by atoms with van der Waals surface area (Å²) in [5, 5.41) is 13.4. The van der Waals surface area contributed by atoms with Gasteiger partial charge in [-0.3, -0.25) is 4.79 Å². The van der Waals surface area contributed by atoms with Gasteiger partial charge in [0.2, 0.25) is 0 Å². The van der Waals surface area contributed by atoms with Gasteiger partial charge in [0, 0.05) is 6.54 Å². The third-order valence-electron chi connectivity index (χ3n) is 2.75. The molecule has 0 aromatic carbocycles. The van der Waals surface area contributed by atoms with E-state index in [1.165, 1.54) is 11.3 Å². The lowest BCUT2D eigenvalue weighted by atomic mass is 10.1. The number of carbonyl (C=O) groups excluding carboxylic acids is 1. The summed E-state index contributed by atoms with van der Waals surface area (Å²) in [6, 6.07) is 3.74. The fourth-order valence-electron chi connectivity index (χ4n) is 1.65. The van der Waals surface area contributed by atoms with Crippen molar-refractivity contribution in [3.8, 4) is 0 Å². The number of alkyl halides is 3. The van der Waals surface area contributed by atoms with Crippen LogP contribution in [-0.4, -0.2) is 42.8 Å². The molecule has 1 fully saturated rings. The monoisotopic (exact) mass is 402 g/mol. The van der Waals surface area contributed by atoms with Gasteiger partial charge < -0.3 is 15.7 Å². The number of nitrogens with one attached hydrogen (secondary N) is 2. The number of carbonyl (C=O) groups is 2. The van der Waals surface area contributed by atoms with Gasteiger partial charge in [-0.25, -0.2) is 4.79 Å². The lowest BCUT2D eigenvalue weighted by molar-refractivity contribution is -0.192. The summed E-state index contributed by atoms with van der Waals surface area (Å²) >= 11 is 4.81. The maximum absolute atomic E-state index is 11.7. The number of thiophene rings is 1. The Bertz CT molecular complexity index is 516. The first-order valence-electron chi connectivity index (χ1n) is 6.24. The van der Waals surface area contributed by atoms with E-state index in [1.54, 1.807) is 0 Å². The molecule has 0 unspecified atom stereocenters. The third-order valence-corrected chi connectivity index (χ3v) is 4.38. The van der Waals surface area contributed by atoms with E-state index in [0.717, 1.165) is 34.7 Å². The van der Waals surface area contributed by atoms with Crippen molar-refractivity contribution in [1.29, 1.82) is 0 Å². The molecule has 0 bridgehead atoms. The molecule has 2 heterocycles. The number of carboxylic acids is 1. The summed E-state index contributed by atoms with van der Waals surface area (Å²) in [5.74, 6) is -2.12. The second-order valence-corrected chi connectivity index (χ2v) is 6.94. The second kappa shape index (κ2) is 8.49. The number of rotatable bonds is 3. The lowest BCUT2D eigenvalue weighted by Crippen LogP contribution is -2.29. The molecule has 1 aliphatic rings. The number of halogens is 4. The van der Waals surface area contributed by atoms with Crippen LogP contribution in [0.2, 0.25) is 0 Å². The van der Waals surface area contributed by atoms with Crippen LogP contribution < -0.4 is 10.6 Å². The van der Waals surface area contributed by atoms with E-state index >= 15 is 0 Å². The maximum atomic E-state index is 11.7. The molecule has 1 aromatic rings. The predicted octanol–water partition coefficient (Wildman–Crippen LogP) is 2.48. The Hall–Kier alpha value is -1.13. The Balaban J connectivity index is 0.000000295. The van der Waals surface area contributed by atoms with E-state index < -0.39 is 12.1 Å². The van der Waals surface area contributed by atoms with Gasteiger partial charge in [-0.15, -0.1) is 11.3 Å². The molecule has 0 aliphatic carbocycles. The summed E-state index contributed by atoms with van der Waals surface area (Å²) in [4.78, 5) is 21.3. The molecule has 3 N–H and O–H groups in total. The van der Waals surface area contributed by atoms with Gasteiger partial charge in [-0.05, 0) is 53.5 Å². The molecule has 124 valence electrons. The van der Waals surface area contributed by atoms with E-state index in [-0.39, 0.29) is 5.91 Å². The Morgan fingerprint density at radius 1 is 1.45 bits per heavy atom. The zero-order valence-electron chi connectivity index (χ0n) is 11.2. The molecule has 1 aromatic heterocycles. The Morgan fingerprint density at radius 2 is 2.09 bits per heavy atom. The van der Waals surface area contributed by atoms with Gasteiger partial charge in [0.25, 0.3) is 5.91 Å². The molecule has 1 amide bonds. The summed E-state index contributed by atoms with van der Waals surface area (Å²) in [6.45, 7) is 2.88. The zero-order valence-corrected chi connectivity index (χ0v) is 13.6. The van der Waals surface area contributed by atoms with E-state index in [4.69, 9.17) is 9.90 Å². The summed E-state index contributed by atoms with van der Waals surface area (Å²) < 4.78 is 32.7. The van der Waals surface area contributed by atoms with Gasteiger partial charge >= 0.3 is 12.1 Å². The van der Waals surface area contributed by atoms with Crippen molar-refractivity contribution in [2.45, 2.75) is 12.6 Å². The second-order valence-electron chi connectivity index (χ2n) is 4.48. The lowest BCUT2D eigenvalue weighted by Gasteiger charge is -2.08. The molecule has 0 saturated carbocycles. The molecule has 1 saturated heterocycles. The minimum absolute atomic E-state index is 0.0394. The predicted molar refractivity (Wildman–Crippen MR) is 79.0 cm³/mol. The summed E-state index contributed by atoms with van der Waals surface area (Å²) in [6.07, 6.45) is -3.92. The van der Waals surface area contributed by atoms with Crippen LogP contribution >= 0.6 is 27.3 Å². The van der Waals surface area contributed by atoms with Crippen molar-refractivity contribution in [2.24, 2.45) is 5.92 Å². The van der Waals surface area contributed by atoms with Gasteiger partial charge in [0.15, 0.2) is 0 Å². The van der Waals surface area contributed by atoms with Crippen LogP contribution in [0.1, 0.15) is 16.1 Å². The largest absolute Gasteiger partial charge is 0.490 e. The van der Waals surface area contributed by atoms with Gasteiger partial charge in [-0.1, -0.05) is 0 Å². The molecule has 2 rings (SSSR count).